The molecule has 0 amide bonds. The van der Waals surface area contributed by atoms with Gasteiger partial charge in [-0.1, -0.05) is 6.07 Å². The van der Waals surface area contributed by atoms with Crippen molar-refractivity contribution in [2.24, 2.45) is 0 Å². The number of rotatable bonds is 3. The molecule has 0 N–H and O–H groups in total. The van der Waals surface area contributed by atoms with E-state index < -0.39 is 23.5 Å². The van der Waals surface area contributed by atoms with Gasteiger partial charge in [0.1, 0.15) is 17.3 Å². The summed E-state index contributed by atoms with van der Waals surface area (Å²) in [5.74, 6) is -1.28. The fourth-order valence-corrected chi connectivity index (χ4v) is 2.95. The highest BCUT2D eigenvalue weighted by atomic mass is 19.4. The van der Waals surface area contributed by atoms with Crippen LogP contribution in [0.3, 0.4) is 0 Å². The van der Waals surface area contributed by atoms with E-state index in [1.807, 2.05) is 4.90 Å². The van der Waals surface area contributed by atoms with Crippen LogP contribution in [0.4, 0.5) is 27.6 Å². The van der Waals surface area contributed by atoms with Crippen molar-refractivity contribution < 1.29 is 22.0 Å². The summed E-state index contributed by atoms with van der Waals surface area (Å²) >= 11 is 0. The Hall–Kier alpha value is -2.22. The Labute approximate surface area is 141 Å². The molecular weight excluding hydrogens is 341 g/mol. The van der Waals surface area contributed by atoms with E-state index in [-0.39, 0.29) is 12.1 Å². The smallest absolute Gasteiger partial charge is 0.367 e. The zero-order valence-electron chi connectivity index (χ0n) is 13.2. The third kappa shape index (κ3) is 4.07. The number of nitrogens with zero attached hydrogens (tertiary/aromatic N) is 3. The van der Waals surface area contributed by atoms with Crippen LogP contribution in [0.15, 0.2) is 36.5 Å². The molecule has 0 saturated carbocycles. The van der Waals surface area contributed by atoms with Gasteiger partial charge in [0.25, 0.3) is 0 Å². The van der Waals surface area contributed by atoms with Crippen molar-refractivity contribution in [3.8, 4) is 0 Å². The van der Waals surface area contributed by atoms with Gasteiger partial charge >= 0.3 is 6.18 Å². The Kier molecular flexibility index (Phi) is 4.89. The molecule has 1 aromatic carbocycles. The molecule has 1 fully saturated rings. The molecule has 8 heteroatoms. The molecule has 3 nitrogen and oxygen atoms in total. The van der Waals surface area contributed by atoms with Crippen molar-refractivity contribution in [2.45, 2.75) is 12.7 Å². The first-order valence-corrected chi connectivity index (χ1v) is 7.78. The molecule has 0 unspecified atom stereocenters. The van der Waals surface area contributed by atoms with Gasteiger partial charge in [-0.3, -0.25) is 9.88 Å². The second-order valence-corrected chi connectivity index (χ2v) is 5.87. The maximum absolute atomic E-state index is 13.8. The normalized spacial score (nSPS) is 16.3. The summed E-state index contributed by atoms with van der Waals surface area (Å²) in [5, 5.41) is 0. The van der Waals surface area contributed by atoms with Crippen LogP contribution in [0.2, 0.25) is 0 Å². The van der Waals surface area contributed by atoms with Crippen molar-refractivity contribution in [3.05, 3.63) is 59.4 Å². The largest absolute Gasteiger partial charge is 0.433 e. The summed E-state index contributed by atoms with van der Waals surface area (Å²) in [7, 11) is 0. The number of aromatic nitrogens is 1. The monoisotopic (exact) mass is 357 g/mol. The molecule has 2 heterocycles. The third-order valence-electron chi connectivity index (χ3n) is 4.18. The third-order valence-corrected chi connectivity index (χ3v) is 4.18. The zero-order chi connectivity index (χ0) is 18.0. The van der Waals surface area contributed by atoms with Gasteiger partial charge in [-0.25, -0.2) is 8.78 Å². The van der Waals surface area contributed by atoms with E-state index in [9.17, 15) is 22.0 Å². The Morgan fingerprint density at radius 2 is 1.72 bits per heavy atom. The van der Waals surface area contributed by atoms with E-state index in [0.29, 0.717) is 31.9 Å². The van der Waals surface area contributed by atoms with Crippen LogP contribution in [-0.2, 0) is 12.7 Å². The highest BCUT2D eigenvalue weighted by Gasteiger charge is 2.35. The lowest BCUT2D eigenvalue weighted by Gasteiger charge is -2.36. The average Bonchev–Trinajstić information content (AvgIpc) is 2.55. The van der Waals surface area contributed by atoms with Crippen LogP contribution < -0.4 is 4.90 Å². The van der Waals surface area contributed by atoms with Crippen LogP contribution in [0.25, 0.3) is 0 Å². The van der Waals surface area contributed by atoms with Crippen LogP contribution in [0, 0.1) is 11.6 Å². The highest BCUT2D eigenvalue weighted by molar-refractivity contribution is 5.48. The molecular formula is C17H16F5N3. The van der Waals surface area contributed by atoms with Crippen LogP contribution in [0.1, 0.15) is 11.3 Å². The molecule has 1 aliphatic rings. The van der Waals surface area contributed by atoms with E-state index in [4.69, 9.17) is 0 Å². The molecule has 0 aliphatic carbocycles. The minimum absolute atomic E-state index is 0.122. The lowest BCUT2D eigenvalue weighted by Crippen LogP contribution is -2.46. The molecule has 0 bridgehead atoms. The van der Waals surface area contributed by atoms with E-state index in [0.717, 1.165) is 12.3 Å². The fourth-order valence-electron chi connectivity index (χ4n) is 2.95. The lowest BCUT2D eigenvalue weighted by molar-refractivity contribution is -0.142. The predicted molar refractivity (Wildman–Crippen MR) is 83.1 cm³/mol. The molecule has 0 spiro atoms. The van der Waals surface area contributed by atoms with E-state index >= 15 is 0 Å². The Morgan fingerprint density at radius 1 is 1.00 bits per heavy atom. The van der Waals surface area contributed by atoms with Gasteiger partial charge < -0.3 is 4.90 Å². The van der Waals surface area contributed by atoms with E-state index in [1.54, 1.807) is 4.90 Å². The number of alkyl halides is 3. The molecule has 1 aliphatic heterocycles. The van der Waals surface area contributed by atoms with Gasteiger partial charge in [0.15, 0.2) is 0 Å². The molecule has 0 radical (unpaired) electrons. The first-order chi connectivity index (χ1) is 11.8. The van der Waals surface area contributed by atoms with Gasteiger partial charge in [-0.15, -0.1) is 0 Å². The maximum atomic E-state index is 13.8. The first-order valence-electron chi connectivity index (χ1n) is 7.78. The highest BCUT2D eigenvalue weighted by Crippen LogP contribution is 2.31. The van der Waals surface area contributed by atoms with Gasteiger partial charge in [0, 0.05) is 45.0 Å². The second-order valence-electron chi connectivity index (χ2n) is 5.87. The summed E-state index contributed by atoms with van der Waals surface area (Å²) in [5.41, 5.74) is -0.447. The summed E-state index contributed by atoms with van der Waals surface area (Å²) in [4.78, 5) is 7.08. The van der Waals surface area contributed by atoms with Gasteiger partial charge in [0.2, 0.25) is 0 Å². The number of benzene rings is 1. The number of anilines is 1. The average molecular weight is 357 g/mol. The predicted octanol–water partition coefficient (Wildman–Crippen LogP) is 3.70. The first kappa shape index (κ1) is 17.6. The number of piperazine rings is 1. The maximum Gasteiger partial charge on any atom is 0.433 e. The van der Waals surface area contributed by atoms with Crippen LogP contribution in [0.5, 0.6) is 0 Å². The van der Waals surface area contributed by atoms with Crippen LogP contribution in [-0.4, -0.2) is 36.1 Å². The minimum Gasteiger partial charge on any atom is -0.367 e. The number of hydrogen-bond acceptors (Lipinski definition) is 3. The SMILES string of the molecule is Fc1ccc(N2CCN(Cc3cccnc3C(F)(F)F)CC2)c(F)c1. The van der Waals surface area contributed by atoms with Gasteiger partial charge in [0.05, 0.1) is 5.69 Å². The van der Waals surface area contributed by atoms with Crippen molar-refractivity contribution in [3.63, 3.8) is 0 Å². The summed E-state index contributed by atoms with van der Waals surface area (Å²) in [6, 6.07) is 6.29. The lowest BCUT2D eigenvalue weighted by atomic mass is 10.1. The van der Waals surface area contributed by atoms with E-state index in [1.165, 1.54) is 24.3 Å². The quantitative estimate of drug-likeness (QED) is 0.781. The Bertz CT molecular complexity index is 739. The zero-order valence-corrected chi connectivity index (χ0v) is 13.2. The second kappa shape index (κ2) is 6.95. The Morgan fingerprint density at radius 3 is 2.36 bits per heavy atom. The molecule has 1 saturated heterocycles. The molecule has 25 heavy (non-hydrogen) atoms. The van der Waals surface area contributed by atoms with Crippen molar-refractivity contribution in [1.82, 2.24) is 9.88 Å². The topological polar surface area (TPSA) is 19.4 Å². The van der Waals surface area contributed by atoms with Gasteiger partial charge in [-0.2, -0.15) is 13.2 Å². The van der Waals surface area contributed by atoms with Crippen molar-refractivity contribution in [2.75, 3.05) is 31.1 Å². The Balaban J connectivity index is 1.66. The number of halogens is 5. The fraction of sp³-hybridized carbons (Fsp3) is 0.353. The van der Waals surface area contributed by atoms with Gasteiger partial charge in [-0.05, 0) is 23.8 Å². The van der Waals surface area contributed by atoms with Crippen molar-refractivity contribution in [1.29, 1.82) is 0 Å². The van der Waals surface area contributed by atoms with Crippen molar-refractivity contribution >= 4 is 5.69 Å². The molecule has 134 valence electrons. The van der Waals surface area contributed by atoms with Crippen LogP contribution >= 0.6 is 0 Å². The summed E-state index contributed by atoms with van der Waals surface area (Å²) < 4.78 is 65.8. The number of pyridine rings is 1. The molecule has 1 aromatic heterocycles. The van der Waals surface area contributed by atoms with E-state index in [2.05, 4.69) is 4.98 Å². The summed E-state index contributed by atoms with van der Waals surface area (Å²) in [6.45, 7) is 1.97. The summed E-state index contributed by atoms with van der Waals surface area (Å²) in [6.07, 6.45) is -3.36. The standard InChI is InChI=1S/C17H16F5N3/c18-13-3-4-15(14(19)10-13)25-8-6-24(7-9-25)11-12-2-1-5-23-16(12)17(20,21)22/h1-5,10H,6-9,11H2. The minimum atomic E-state index is -4.49. The molecule has 0 atom stereocenters. The molecule has 3 rings (SSSR count). The number of hydrogen-bond donors (Lipinski definition) is 0. The molecule has 2 aromatic rings.